The average Bonchev–Trinajstić information content (AvgIpc) is 1.67. The summed E-state index contributed by atoms with van der Waals surface area (Å²) in [5, 5.41) is 6.80. The van der Waals surface area contributed by atoms with Gasteiger partial charge in [-0.15, -0.1) is 0 Å². The molecule has 1 N–H and O–H groups in total. The summed E-state index contributed by atoms with van der Waals surface area (Å²) in [6, 6.07) is 0. The molecular formula is C5H8N2O. The van der Waals surface area contributed by atoms with Crippen molar-refractivity contribution in [2.45, 2.75) is 13.8 Å². The van der Waals surface area contributed by atoms with Gasteiger partial charge in [0.15, 0.2) is 11.6 Å². The summed E-state index contributed by atoms with van der Waals surface area (Å²) in [7, 11) is 0. The number of nitrogens with one attached hydrogen (secondary N) is 1. The van der Waals surface area contributed by atoms with Gasteiger partial charge in [-0.1, -0.05) is 0 Å². The van der Waals surface area contributed by atoms with Gasteiger partial charge in [0.1, 0.15) is 0 Å². The van der Waals surface area contributed by atoms with Gasteiger partial charge in [0.05, 0.1) is 0 Å². The number of aliphatic imine (C=N–C) groups is 1. The van der Waals surface area contributed by atoms with Crippen molar-refractivity contribution >= 4 is 17.8 Å². The maximum atomic E-state index is 10.2. The Bertz CT molecular complexity index is 137. The standard InChI is InChI=1S/C5H8N2O/c1-3-7-5(6)4(2)8/h3,6H,1-2H3. The van der Waals surface area contributed by atoms with E-state index in [1.165, 1.54) is 13.1 Å². The first-order chi connectivity index (χ1) is 3.68. The lowest BCUT2D eigenvalue weighted by Gasteiger charge is -1.83. The lowest BCUT2D eigenvalue weighted by Crippen LogP contribution is -2.03. The third-order valence-electron chi connectivity index (χ3n) is 0.592. The molecule has 3 heteroatoms. The summed E-state index contributed by atoms with van der Waals surface area (Å²) in [6.07, 6.45) is 1.42. The Morgan fingerprint density at radius 3 is 2.38 bits per heavy atom. The molecule has 0 aromatic rings. The molecule has 0 aromatic carbocycles. The Balaban J connectivity index is 3.85. The van der Waals surface area contributed by atoms with Crippen molar-refractivity contribution in [3.8, 4) is 0 Å². The minimum absolute atomic E-state index is 0.187. The molecular weight excluding hydrogens is 104 g/mol. The Morgan fingerprint density at radius 2 is 2.25 bits per heavy atom. The van der Waals surface area contributed by atoms with Crippen LogP contribution in [-0.4, -0.2) is 17.8 Å². The predicted octanol–water partition coefficient (Wildman–Crippen LogP) is 0.643. The number of Topliss-reactive ketones (excluding diaryl/α,β-unsaturated/α-hetero) is 1. The average molecular weight is 112 g/mol. The molecule has 3 nitrogen and oxygen atoms in total. The molecule has 0 fully saturated rings. The van der Waals surface area contributed by atoms with Crippen molar-refractivity contribution in [3.05, 3.63) is 0 Å². The maximum Gasteiger partial charge on any atom is 0.196 e. The summed E-state index contributed by atoms with van der Waals surface area (Å²) in [5.41, 5.74) is 0. The van der Waals surface area contributed by atoms with Gasteiger partial charge in [-0.2, -0.15) is 0 Å². The number of nitrogens with zero attached hydrogens (tertiary/aromatic N) is 1. The minimum Gasteiger partial charge on any atom is -0.291 e. The summed E-state index contributed by atoms with van der Waals surface area (Å²) in [6.45, 7) is 2.98. The van der Waals surface area contributed by atoms with E-state index in [0.29, 0.717) is 0 Å². The van der Waals surface area contributed by atoms with Crippen LogP contribution in [-0.2, 0) is 4.79 Å². The maximum absolute atomic E-state index is 10.2. The number of hydrogen-bond donors (Lipinski definition) is 1. The highest BCUT2D eigenvalue weighted by molar-refractivity contribution is 6.37. The number of rotatable bonds is 1. The van der Waals surface area contributed by atoms with Crippen molar-refractivity contribution in [1.29, 1.82) is 5.41 Å². The van der Waals surface area contributed by atoms with E-state index < -0.39 is 0 Å². The smallest absolute Gasteiger partial charge is 0.196 e. The Kier molecular flexibility index (Phi) is 2.69. The van der Waals surface area contributed by atoms with Crippen LogP contribution in [0.25, 0.3) is 0 Å². The van der Waals surface area contributed by atoms with Crippen LogP contribution in [0, 0.1) is 5.41 Å². The molecule has 0 radical (unpaired) electrons. The Morgan fingerprint density at radius 1 is 1.75 bits per heavy atom. The molecule has 0 rings (SSSR count). The van der Waals surface area contributed by atoms with E-state index in [0.717, 1.165) is 0 Å². The van der Waals surface area contributed by atoms with E-state index in [1.54, 1.807) is 6.92 Å². The Labute approximate surface area is 47.9 Å². The van der Waals surface area contributed by atoms with Gasteiger partial charge in [0, 0.05) is 13.1 Å². The molecule has 0 saturated heterocycles. The first-order valence-electron chi connectivity index (χ1n) is 2.26. The van der Waals surface area contributed by atoms with Crippen molar-refractivity contribution in [2.24, 2.45) is 4.99 Å². The van der Waals surface area contributed by atoms with E-state index in [9.17, 15) is 4.79 Å². The zero-order valence-corrected chi connectivity index (χ0v) is 4.93. The second-order valence-electron chi connectivity index (χ2n) is 1.29. The summed E-state index contributed by atoms with van der Waals surface area (Å²) in [4.78, 5) is 13.6. The summed E-state index contributed by atoms with van der Waals surface area (Å²) in [5.74, 6) is -0.490. The normalized spacial score (nSPS) is 9.75. The van der Waals surface area contributed by atoms with Crippen LogP contribution >= 0.6 is 0 Å². The monoisotopic (exact) mass is 112 g/mol. The molecule has 44 valence electrons. The highest BCUT2D eigenvalue weighted by Crippen LogP contribution is 1.75. The minimum atomic E-state index is -0.303. The SMILES string of the molecule is CC=NC(=N)C(C)=O. The number of hydrogen-bond acceptors (Lipinski definition) is 2. The lowest BCUT2D eigenvalue weighted by atomic mass is 10.4. The zero-order valence-electron chi connectivity index (χ0n) is 4.93. The van der Waals surface area contributed by atoms with E-state index in [4.69, 9.17) is 5.41 Å². The number of amidine groups is 1. The predicted molar refractivity (Wildman–Crippen MR) is 32.6 cm³/mol. The molecule has 0 aliphatic heterocycles. The molecule has 0 aromatic heterocycles. The lowest BCUT2D eigenvalue weighted by molar-refractivity contribution is -0.111. The third-order valence-corrected chi connectivity index (χ3v) is 0.592. The number of carbonyl (C=O) groups excluding carboxylic acids is 1. The molecule has 0 aliphatic rings. The van der Waals surface area contributed by atoms with Gasteiger partial charge in [-0.3, -0.25) is 10.2 Å². The molecule has 0 atom stereocenters. The van der Waals surface area contributed by atoms with E-state index in [2.05, 4.69) is 4.99 Å². The molecule has 0 heterocycles. The molecule has 0 bridgehead atoms. The van der Waals surface area contributed by atoms with Crippen LogP contribution in [0.2, 0.25) is 0 Å². The van der Waals surface area contributed by atoms with Gasteiger partial charge in [0.2, 0.25) is 0 Å². The molecule has 0 aliphatic carbocycles. The second-order valence-corrected chi connectivity index (χ2v) is 1.29. The molecule has 8 heavy (non-hydrogen) atoms. The van der Waals surface area contributed by atoms with E-state index >= 15 is 0 Å². The van der Waals surface area contributed by atoms with Gasteiger partial charge >= 0.3 is 0 Å². The fourth-order valence-electron chi connectivity index (χ4n) is 0.220. The van der Waals surface area contributed by atoms with E-state index in [1.807, 2.05) is 0 Å². The summed E-state index contributed by atoms with van der Waals surface area (Å²) < 4.78 is 0. The van der Waals surface area contributed by atoms with Crippen LogP contribution in [0.1, 0.15) is 13.8 Å². The van der Waals surface area contributed by atoms with Crippen LogP contribution in [0.15, 0.2) is 4.99 Å². The first-order valence-corrected chi connectivity index (χ1v) is 2.26. The number of carbonyl (C=O) groups is 1. The van der Waals surface area contributed by atoms with Gasteiger partial charge < -0.3 is 0 Å². The van der Waals surface area contributed by atoms with Crippen LogP contribution in [0.5, 0.6) is 0 Å². The highest BCUT2D eigenvalue weighted by Gasteiger charge is 1.95. The quantitative estimate of drug-likeness (QED) is 0.393. The fourth-order valence-corrected chi connectivity index (χ4v) is 0.220. The number of ketones is 1. The van der Waals surface area contributed by atoms with Gasteiger partial charge in [-0.25, -0.2) is 4.99 Å². The van der Waals surface area contributed by atoms with Crippen molar-refractivity contribution in [1.82, 2.24) is 0 Å². The summed E-state index contributed by atoms with van der Waals surface area (Å²) >= 11 is 0. The zero-order chi connectivity index (χ0) is 6.57. The largest absolute Gasteiger partial charge is 0.291 e. The van der Waals surface area contributed by atoms with Crippen LogP contribution in [0.4, 0.5) is 0 Å². The van der Waals surface area contributed by atoms with Crippen LogP contribution < -0.4 is 0 Å². The molecule has 0 unspecified atom stereocenters. The van der Waals surface area contributed by atoms with Crippen molar-refractivity contribution in [3.63, 3.8) is 0 Å². The molecule has 0 spiro atoms. The fraction of sp³-hybridized carbons (Fsp3) is 0.400. The third kappa shape index (κ3) is 2.23. The van der Waals surface area contributed by atoms with Crippen molar-refractivity contribution in [2.75, 3.05) is 0 Å². The topological polar surface area (TPSA) is 53.3 Å². The highest BCUT2D eigenvalue weighted by atomic mass is 16.1. The van der Waals surface area contributed by atoms with Gasteiger partial charge in [-0.05, 0) is 6.92 Å². The van der Waals surface area contributed by atoms with Crippen LogP contribution in [0.3, 0.4) is 0 Å². The Hall–Kier alpha value is -0.990. The molecule has 0 saturated carbocycles. The molecule has 0 amide bonds. The second kappa shape index (κ2) is 3.07. The first kappa shape index (κ1) is 7.01. The van der Waals surface area contributed by atoms with Crippen molar-refractivity contribution < 1.29 is 4.79 Å². The van der Waals surface area contributed by atoms with Gasteiger partial charge in [0.25, 0.3) is 0 Å². The van der Waals surface area contributed by atoms with E-state index in [-0.39, 0.29) is 11.6 Å².